The van der Waals surface area contributed by atoms with Gasteiger partial charge in [0.15, 0.2) is 0 Å². The van der Waals surface area contributed by atoms with Crippen molar-refractivity contribution < 1.29 is 9.53 Å². The first-order valence-electron chi connectivity index (χ1n) is 8.69. The second-order valence-electron chi connectivity index (χ2n) is 8.23. The predicted octanol–water partition coefficient (Wildman–Crippen LogP) is 3.75. The molecule has 0 bridgehead atoms. The quantitative estimate of drug-likeness (QED) is 0.789. The molecule has 0 amide bonds. The van der Waals surface area contributed by atoms with Crippen LogP contribution in [-0.4, -0.2) is 18.1 Å². The van der Waals surface area contributed by atoms with Gasteiger partial charge in [-0.2, -0.15) is 0 Å². The Morgan fingerprint density at radius 1 is 1.05 bits per heavy atom. The Kier molecular flexibility index (Phi) is 5.02. The summed E-state index contributed by atoms with van der Waals surface area (Å²) in [6.07, 6.45) is 5.16. The minimum atomic E-state index is -0.0671. The summed E-state index contributed by atoms with van der Waals surface area (Å²) in [6.45, 7) is 11.1. The third-order valence-electron chi connectivity index (χ3n) is 6.62. The molecular formula is C18H33NO2. The molecule has 2 aliphatic carbocycles. The van der Waals surface area contributed by atoms with Crippen molar-refractivity contribution in [3.05, 3.63) is 0 Å². The fourth-order valence-corrected chi connectivity index (χ4v) is 4.12. The summed E-state index contributed by atoms with van der Waals surface area (Å²) < 4.78 is 5.89. The van der Waals surface area contributed by atoms with E-state index < -0.39 is 0 Å². The van der Waals surface area contributed by atoms with Crippen LogP contribution in [0, 0.1) is 29.1 Å². The number of nitrogens with two attached hydrogens (primary N) is 1. The maximum Gasteiger partial charge on any atom is 0.309 e. The topological polar surface area (TPSA) is 52.3 Å². The van der Waals surface area contributed by atoms with E-state index in [-0.39, 0.29) is 29.4 Å². The molecule has 0 spiro atoms. The van der Waals surface area contributed by atoms with E-state index in [2.05, 4.69) is 34.6 Å². The predicted molar refractivity (Wildman–Crippen MR) is 85.7 cm³/mol. The molecule has 2 saturated carbocycles. The van der Waals surface area contributed by atoms with Crippen LogP contribution < -0.4 is 5.73 Å². The van der Waals surface area contributed by atoms with Crippen LogP contribution in [0.3, 0.4) is 0 Å². The molecule has 0 saturated heterocycles. The van der Waals surface area contributed by atoms with Gasteiger partial charge >= 0.3 is 5.97 Å². The van der Waals surface area contributed by atoms with E-state index in [0.717, 1.165) is 31.6 Å². The molecule has 0 aromatic carbocycles. The SMILES string of the molecule is CC1CCC(OC(=O)C2CCC(N)C(C)C2(C)C)CC1C. The Morgan fingerprint density at radius 3 is 2.33 bits per heavy atom. The highest BCUT2D eigenvalue weighted by atomic mass is 16.5. The molecule has 3 nitrogen and oxygen atoms in total. The lowest BCUT2D eigenvalue weighted by Gasteiger charge is -2.46. The van der Waals surface area contributed by atoms with Gasteiger partial charge in [0.2, 0.25) is 0 Å². The number of rotatable bonds is 2. The van der Waals surface area contributed by atoms with E-state index in [1.165, 1.54) is 6.42 Å². The van der Waals surface area contributed by atoms with E-state index in [0.29, 0.717) is 11.8 Å². The average Bonchev–Trinajstić information content (AvgIpc) is 2.40. The maximum absolute atomic E-state index is 12.7. The van der Waals surface area contributed by atoms with E-state index in [9.17, 15) is 4.79 Å². The van der Waals surface area contributed by atoms with E-state index in [1.807, 2.05) is 0 Å². The summed E-state index contributed by atoms with van der Waals surface area (Å²) in [6, 6.07) is 0.208. The first-order valence-corrected chi connectivity index (χ1v) is 8.69. The largest absolute Gasteiger partial charge is 0.462 e. The van der Waals surface area contributed by atoms with Gasteiger partial charge in [0.25, 0.3) is 0 Å². The number of esters is 1. The summed E-state index contributed by atoms with van der Waals surface area (Å²) in [5.74, 6) is 1.79. The Morgan fingerprint density at radius 2 is 1.71 bits per heavy atom. The van der Waals surface area contributed by atoms with Gasteiger partial charge < -0.3 is 10.5 Å². The molecule has 0 aromatic heterocycles. The molecule has 6 atom stereocenters. The molecular weight excluding hydrogens is 262 g/mol. The highest BCUT2D eigenvalue weighted by molar-refractivity contribution is 5.73. The summed E-state index contributed by atoms with van der Waals surface area (Å²) in [7, 11) is 0. The van der Waals surface area contributed by atoms with Gasteiger partial charge in [0, 0.05) is 6.04 Å². The van der Waals surface area contributed by atoms with Crippen molar-refractivity contribution in [1.29, 1.82) is 0 Å². The van der Waals surface area contributed by atoms with E-state index in [1.54, 1.807) is 0 Å². The Bertz CT molecular complexity index is 379. The van der Waals surface area contributed by atoms with E-state index in [4.69, 9.17) is 10.5 Å². The smallest absolute Gasteiger partial charge is 0.309 e. The van der Waals surface area contributed by atoms with Gasteiger partial charge in [-0.05, 0) is 55.3 Å². The number of hydrogen-bond acceptors (Lipinski definition) is 3. The van der Waals surface area contributed by atoms with Crippen LogP contribution in [-0.2, 0) is 9.53 Å². The van der Waals surface area contributed by atoms with Crippen molar-refractivity contribution in [3.8, 4) is 0 Å². The van der Waals surface area contributed by atoms with Gasteiger partial charge in [-0.3, -0.25) is 4.79 Å². The van der Waals surface area contributed by atoms with Gasteiger partial charge in [0.05, 0.1) is 5.92 Å². The average molecular weight is 295 g/mol. The fraction of sp³-hybridized carbons (Fsp3) is 0.944. The van der Waals surface area contributed by atoms with Crippen LogP contribution in [0.4, 0.5) is 0 Å². The molecule has 2 fully saturated rings. The number of carbonyl (C=O) groups is 1. The lowest BCUT2D eigenvalue weighted by molar-refractivity contribution is -0.165. The molecule has 21 heavy (non-hydrogen) atoms. The highest BCUT2D eigenvalue weighted by Crippen LogP contribution is 2.45. The van der Waals surface area contributed by atoms with Crippen LogP contribution in [0.15, 0.2) is 0 Å². The minimum Gasteiger partial charge on any atom is -0.462 e. The van der Waals surface area contributed by atoms with Crippen LogP contribution in [0.1, 0.15) is 66.7 Å². The van der Waals surface area contributed by atoms with Gasteiger partial charge in [-0.15, -0.1) is 0 Å². The van der Waals surface area contributed by atoms with Crippen molar-refractivity contribution in [2.75, 3.05) is 0 Å². The summed E-state index contributed by atoms with van der Waals surface area (Å²) in [5.41, 5.74) is 6.11. The second kappa shape index (κ2) is 6.28. The van der Waals surface area contributed by atoms with Crippen molar-refractivity contribution >= 4 is 5.97 Å². The minimum absolute atomic E-state index is 0.00181. The Labute approximate surface area is 130 Å². The first kappa shape index (κ1) is 16.8. The number of ether oxygens (including phenoxy) is 1. The zero-order chi connectivity index (χ0) is 15.8. The molecule has 0 heterocycles. The molecule has 122 valence electrons. The number of hydrogen-bond donors (Lipinski definition) is 1. The Balaban J connectivity index is 1.97. The maximum atomic E-state index is 12.7. The summed E-state index contributed by atoms with van der Waals surface area (Å²) in [4.78, 5) is 12.7. The summed E-state index contributed by atoms with van der Waals surface area (Å²) in [5, 5.41) is 0. The lowest BCUT2D eigenvalue weighted by atomic mass is 9.61. The molecule has 0 radical (unpaired) electrons. The molecule has 0 aromatic rings. The van der Waals surface area contributed by atoms with Crippen LogP contribution >= 0.6 is 0 Å². The lowest BCUT2D eigenvalue weighted by Crippen LogP contribution is -2.50. The number of carbonyl (C=O) groups excluding carboxylic acids is 1. The van der Waals surface area contributed by atoms with Crippen LogP contribution in [0.5, 0.6) is 0 Å². The third-order valence-corrected chi connectivity index (χ3v) is 6.62. The van der Waals surface area contributed by atoms with Crippen molar-refractivity contribution in [2.45, 2.75) is 78.9 Å². The molecule has 2 aliphatic rings. The van der Waals surface area contributed by atoms with E-state index >= 15 is 0 Å². The Hall–Kier alpha value is -0.570. The zero-order valence-corrected chi connectivity index (χ0v) is 14.4. The zero-order valence-electron chi connectivity index (χ0n) is 14.4. The molecule has 6 unspecified atom stereocenters. The van der Waals surface area contributed by atoms with Gasteiger partial charge in [0.1, 0.15) is 6.10 Å². The van der Waals surface area contributed by atoms with Gasteiger partial charge in [-0.25, -0.2) is 0 Å². The monoisotopic (exact) mass is 295 g/mol. The molecule has 3 heteroatoms. The molecule has 2 rings (SSSR count). The highest BCUT2D eigenvalue weighted by Gasteiger charge is 2.46. The van der Waals surface area contributed by atoms with Gasteiger partial charge in [-0.1, -0.05) is 34.6 Å². The van der Waals surface area contributed by atoms with Crippen molar-refractivity contribution in [2.24, 2.45) is 34.8 Å². The van der Waals surface area contributed by atoms with Crippen LogP contribution in [0.25, 0.3) is 0 Å². The summed E-state index contributed by atoms with van der Waals surface area (Å²) >= 11 is 0. The van der Waals surface area contributed by atoms with Crippen molar-refractivity contribution in [3.63, 3.8) is 0 Å². The second-order valence-corrected chi connectivity index (χ2v) is 8.23. The third kappa shape index (κ3) is 3.44. The first-order chi connectivity index (χ1) is 9.73. The van der Waals surface area contributed by atoms with Crippen LogP contribution in [0.2, 0.25) is 0 Å². The molecule has 0 aliphatic heterocycles. The molecule has 2 N–H and O–H groups in total. The normalized spacial score (nSPS) is 43.3. The standard InChI is InChI=1S/C18H33NO2/c1-11-6-7-14(10-12(11)2)21-17(20)15-8-9-16(19)13(3)18(15,4)5/h11-16H,6-10,19H2,1-5H3. The van der Waals surface area contributed by atoms with Crippen molar-refractivity contribution in [1.82, 2.24) is 0 Å². The fourth-order valence-electron chi connectivity index (χ4n) is 4.12.